The van der Waals surface area contributed by atoms with Crippen LogP contribution < -0.4 is 10.1 Å². The van der Waals surface area contributed by atoms with Crippen molar-refractivity contribution in [2.75, 3.05) is 11.9 Å². The fourth-order valence-corrected chi connectivity index (χ4v) is 2.48. The van der Waals surface area contributed by atoms with Crippen LogP contribution in [0.25, 0.3) is 5.82 Å². The number of nitrogens with one attached hydrogen (secondary N) is 1. The number of carbonyl (C=O) groups is 1. The van der Waals surface area contributed by atoms with E-state index in [1.165, 1.54) is 10.9 Å². The fraction of sp³-hybridized carbons (Fsp3) is 0.158. The largest absolute Gasteiger partial charge is 0.494 e. The SMILES string of the molecule is N#Cc1cnn(-c2ccccn2)c1NC(=O)CCCOc1ccc(Cl)cc1. The van der Waals surface area contributed by atoms with Crippen molar-refractivity contribution in [1.29, 1.82) is 5.26 Å². The molecule has 1 amide bonds. The molecular formula is C19H16ClN5O2. The Kier molecular flexibility index (Phi) is 6.02. The van der Waals surface area contributed by atoms with Crippen molar-refractivity contribution in [1.82, 2.24) is 14.8 Å². The number of benzene rings is 1. The predicted molar refractivity (Wildman–Crippen MR) is 101 cm³/mol. The monoisotopic (exact) mass is 381 g/mol. The zero-order valence-electron chi connectivity index (χ0n) is 14.3. The number of halogens is 1. The first-order valence-electron chi connectivity index (χ1n) is 8.25. The maximum absolute atomic E-state index is 12.3. The molecule has 0 radical (unpaired) electrons. The van der Waals surface area contributed by atoms with E-state index in [9.17, 15) is 10.1 Å². The van der Waals surface area contributed by atoms with Gasteiger partial charge < -0.3 is 10.1 Å². The zero-order chi connectivity index (χ0) is 19.1. The smallest absolute Gasteiger partial charge is 0.225 e. The van der Waals surface area contributed by atoms with E-state index < -0.39 is 0 Å². The number of carbonyl (C=O) groups excluding carboxylic acids is 1. The highest BCUT2D eigenvalue weighted by molar-refractivity contribution is 6.30. The van der Waals surface area contributed by atoms with E-state index in [1.54, 1.807) is 48.7 Å². The summed E-state index contributed by atoms with van der Waals surface area (Å²) >= 11 is 5.82. The number of nitrogens with zero attached hydrogens (tertiary/aromatic N) is 4. The molecule has 0 aliphatic carbocycles. The van der Waals surface area contributed by atoms with E-state index >= 15 is 0 Å². The molecule has 1 N–H and O–H groups in total. The third-order valence-corrected chi connectivity index (χ3v) is 3.90. The second-order valence-electron chi connectivity index (χ2n) is 5.57. The van der Waals surface area contributed by atoms with Gasteiger partial charge in [-0.2, -0.15) is 15.0 Å². The maximum Gasteiger partial charge on any atom is 0.225 e. The van der Waals surface area contributed by atoms with E-state index in [4.69, 9.17) is 16.3 Å². The molecule has 2 aromatic heterocycles. The molecule has 0 saturated heterocycles. The first kappa shape index (κ1) is 18.4. The minimum atomic E-state index is -0.233. The van der Waals surface area contributed by atoms with E-state index in [0.717, 1.165) is 0 Å². The number of amides is 1. The molecule has 7 nitrogen and oxygen atoms in total. The van der Waals surface area contributed by atoms with Crippen molar-refractivity contribution in [2.24, 2.45) is 0 Å². The third-order valence-electron chi connectivity index (χ3n) is 3.64. The normalized spacial score (nSPS) is 10.2. The van der Waals surface area contributed by atoms with Crippen LogP contribution in [-0.2, 0) is 4.79 Å². The van der Waals surface area contributed by atoms with Crippen molar-refractivity contribution in [2.45, 2.75) is 12.8 Å². The Morgan fingerprint density at radius 2 is 2.07 bits per heavy atom. The second-order valence-corrected chi connectivity index (χ2v) is 6.01. The van der Waals surface area contributed by atoms with Crippen molar-refractivity contribution in [3.8, 4) is 17.6 Å². The average molecular weight is 382 g/mol. The standard InChI is InChI=1S/C19H16ClN5O2/c20-15-6-8-16(9-7-15)27-11-3-5-18(26)24-19-14(12-21)13-23-25(19)17-4-1-2-10-22-17/h1-2,4,6-10,13H,3,5,11H2,(H,24,26). The van der Waals surface area contributed by atoms with Crippen LogP contribution in [0.15, 0.2) is 54.9 Å². The van der Waals surface area contributed by atoms with Crippen molar-refractivity contribution in [3.63, 3.8) is 0 Å². The minimum Gasteiger partial charge on any atom is -0.494 e. The van der Waals surface area contributed by atoms with Crippen LogP contribution in [0.3, 0.4) is 0 Å². The van der Waals surface area contributed by atoms with E-state index in [0.29, 0.717) is 35.4 Å². The van der Waals surface area contributed by atoms with Crippen LogP contribution in [0.4, 0.5) is 5.82 Å². The van der Waals surface area contributed by atoms with Gasteiger partial charge in [0.2, 0.25) is 5.91 Å². The first-order chi connectivity index (χ1) is 13.2. The molecule has 136 valence electrons. The molecular weight excluding hydrogens is 366 g/mol. The molecule has 1 aromatic carbocycles. The molecule has 0 unspecified atom stereocenters. The van der Waals surface area contributed by atoms with Gasteiger partial charge in [0.25, 0.3) is 0 Å². The van der Waals surface area contributed by atoms with Crippen LogP contribution in [0.2, 0.25) is 5.02 Å². The molecule has 3 aromatic rings. The zero-order valence-corrected chi connectivity index (χ0v) is 15.1. The summed E-state index contributed by atoms with van der Waals surface area (Å²) < 4.78 is 7.00. The van der Waals surface area contributed by atoms with E-state index in [1.807, 2.05) is 6.07 Å². The van der Waals surface area contributed by atoms with Crippen LogP contribution in [0, 0.1) is 11.3 Å². The van der Waals surface area contributed by atoms with Gasteiger partial charge in [-0.3, -0.25) is 4.79 Å². The highest BCUT2D eigenvalue weighted by Crippen LogP contribution is 2.19. The molecule has 0 spiro atoms. The Balaban J connectivity index is 1.57. The maximum atomic E-state index is 12.3. The summed E-state index contributed by atoms with van der Waals surface area (Å²) in [5, 5.41) is 16.8. The van der Waals surface area contributed by atoms with Gasteiger partial charge in [0.15, 0.2) is 11.6 Å². The lowest BCUT2D eigenvalue weighted by Gasteiger charge is -2.09. The second kappa shape index (κ2) is 8.83. The molecule has 0 atom stereocenters. The first-order valence-corrected chi connectivity index (χ1v) is 8.63. The van der Waals surface area contributed by atoms with Crippen molar-refractivity contribution < 1.29 is 9.53 Å². The topological polar surface area (TPSA) is 92.8 Å². The van der Waals surface area contributed by atoms with Gasteiger partial charge in [-0.1, -0.05) is 17.7 Å². The summed E-state index contributed by atoms with van der Waals surface area (Å²) in [7, 11) is 0. The Hall–Kier alpha value is -3.37. The highest BCUT2D eigenvalue weighted by Gasteiger charge is 2.15. The number of pyridine rings is 1. The van der Waals surface area contributed by atoms with Gasteiger partial charge in [-0.05, 0) is 42.8 Å². The Bertz CT molecular complexity index is 948. The predicted octanol–water partition coefficient (Wildman–Crippen LogP) is 3.59. The number of aromatic nitrogens is 3. The molecule has 3 rings (SSSR count). The summed E-state index contributed by atoms with van der Waals surface area (Å²) in [5.41, 5.74) is 0.270. The van der Waals surface area contributed by atoms with Crippen LogP contribution in [0.5, 0.6) is 5.75 Å². The fourth-order valence-electron chi connectivity index (χ4n) is 2.35. The van der Waals surface area contributed by atoms with Crippen LogP contribution >= 0.6 is 11.6 Å². The molecule has 0 bridgehead atoms. The molecule has 0 aliphatic rings. The quantitative estimate of drug-likeness (QED) is 0.631. The van der Waals surface area contributed by atoms with Gasteiger partial charge in [0, 0.05) is 17.6 Å². The summed E-state index contributed by atoms with van der Waals surface area (Å²) in [5.74, 6) is 1.28. The summed E-state index contributed by atoms with van der Waals surface area (Å²) in [6, 6.07) is 14.4. The van der Waals surface area contributed by atoms with E-state index in [-0.39, 0.29) is 17.9 Å². The molecule has 0 aliphatic heterocycles. The number of hydrogen-bond acceptors (Lipinski definition) is 5. The lowest BCUT2D eigenvalue weighted by Crippen LogP contribution is -2.17. The highest BCUT2D eigenvalue weighted by atomic mass is 35.5. The minimum absolute atomic E-state index is 0.233. The molecule has 2 heterocycles. The van der Waals surface area contributed by atoms with Crippen LogP contribution in [-0.4, -0.2) is 27.3 Å². The van der Waals surface area contributed by atoms with Gasteiger partial charge in [0.05, 0.1) is 12.8 Å². The number of rotatable bonds is 7. The van der Waals surface area contributed by atoms with Gasteiger partial charge in [-0.15, -0.1) is 0 Å². The molecule has 27 heavy (non-hydrogen) atoms. The lowest BCUT2D eigenvalue weighted by molar-refractivity contribution is -0.116. The number of nitriles is 1. The van der Waals surface area contributed by atoms with E-state index in [2.05, 4.69) is 15.4 Å². The van der Waals surface area contributed by atoms with Crippen LogP contribution in [0.1, 0.15) is 18.4 Å². The molecule has 0 saturated carbocycles. The lowest BCUT2D eigenvalue weighted by atomic mass is 10.3. The Morgan fingerprint density at radius 3 is 2.78 bits per heavy atom. The summed E-state index contributed by atoms with van der Waals surface area (Å²) in [6.45, 7) is 0.389. The number of anilines is 1. The molecule has 0 fully saturated rings. The summed E-state index contributed by atoms with van der Waals surface area (Å²) in [4.78, 5) is 16.5. The van der Waals surface area contributed by atoms with Gasteiger partial charge >= 0.3 is 0 Å². The van der Waals surface area contributed by atoms with Crippen molar-refractivity contribution in [3.05, 3.63) is 65.4 Å². The number of hydrogen-bond donors (Lipinski definition) is 1. The third kappa shape index (κ3) is 4.84. The Morgan fingerprint density at radius 1 is 1.26 bits per heavy atom. The molecule has 8 heteroatoms. The van der Waals surface area contributed by atoms with Crippen molar-refractivity contribution >= 4 is 23.3 Å². The average Bonchev–Trinajstić information content (AvgIpc) is 3.10. The number of ether oxygens (including phenoxy) is 1. The van der Waals surface area contributed by atoms with Gasteiger partial charge in [0.1, 0.15) is 17.4 Å². The van der Waals surface area contributed by atoms with Gasteiger partial charge in [-0.25, -0.2) is 4.98 Å². The Labute approximate surface area is 161 Å². The summed E-state index contributed by atoms with van der Waals surface area (Å²) in [6.07, 6.45) is 3.77.